The van der Waals surface area contributed by atoms with Gasteiger partial charge in [-0.05, 0) is 31.0 Å². The fourth-order valence-corrected chi connectivity index (χ4v) is 4.23. The van der Waals surface area contributed by atoms with E-state index in [1.54, 1.807) is 18.7 Å². The minimum absolute atomic E-state index is 0.0711. The molecule has 0 aromatic carbocycles. The molecular weight excluding hydrogens is 364 g/mol. The summed E-state index contributed by atoms with van der Waals surface area (Å²) in [5.74, 6) is 0.427. The average molecular weight is 383 g/mol. The van der Waals surface area contributed by atoms with Gasteiger partial charge in [0.15, 0.2) is 0 Å². The van der Waals surface area contributed by atoms with Crippen LogP contribution in [0.4, 0.5) is 5.82 Å². The quantitative estimate of drug-likeness (QED) is 0.599. The molecule has 134 valence electrons. The zero-order valence-electron chi connectivity index (χ0n) is 14.3. The van der Waals surface area contributed by atoms with Crippen molar-refractivity contribution < 1.29 is 14.3 Å². The molecule has 0 spiro atoms. The van der Waals surface area contributed by atoms with Gasteiger partial charge in [-0.25, -0.2) is 9.78 Å². The molecule has 2 aromatic rings. The fraction of sp³-hybridized carbons (Fsp3) is 0.500. The van der Waals surface area contributed by atoms with Gasteiger partial charge in [-0.2, -0.15) is 4.98 Å². The number of aryl methyl sites for hydroxylation is 1. The average Bonchev–Trinajstić information content (AvgIpc) is 2.91. The van der Waals surface area contributed by atoms with E-state index in [1.807, 2.05) is 6.92 Å². The van der Waals surface area contributed by atoms with Crippen molar-refractivity contribution in [3.63, 3.8) is 0 Å². The Hall–Kier alpha value is -1.93. The van der Waals surface area contributed by atoms with E-state index in [2.05, 4.69) is 14.9 Å². The Morgan fingerprint density at radius 1 is 1.24 bits per heavy atom. The van der Waals surface area contributed by atoms with E-state index in [0.29, 0.717) is 48.3 Å². The zero-order valence-corrected chi connectivity index (χ0v) is 15.9. The number of thiophene rings is 1. The number of hydrogen-bond donors (Lipinski definition) is 0. The molecule has 0 saturated carbocycles. The number of nitrogens with zero attached hydrogens (tertiary/aromatic N) is 4. The van der Waals surface area contributed by atoms with Crippen molar-refractivity contribution in [2.24, 2.45) is 0 Å². The maximum absolute atomic E-state index is 12.2. The number of amides is 1. The third-order valence-electron chi connectivity index (χ3n) is 4.23. The Bertz CT molecular complexity index is 830. The molecule has 0 bridgehead atoms. The number of carbonyl (C=O) groups is 2. The van der Waals surface area contributed by atoms with Gasteiger partial charge in [0, 0.05) is 33.1 Å². The first-order chi connectivity index (χ1) is 11.9. The van der Waals surface area contributed by atoms with Gasteiger partial charge in [-0.15, -0.1) is 11.3 Å². The number of anilines is 1. The van der Waals surface area contributed by atoms with Crippen LogP contribution in [0.15, 0.2) is 0 Å². The summed E-state index contributed by atoms with van der Waals surface area (Å²) >= 11 is 7.37. The minimum Gasteiger partial charge on any atom is -0.462 e. The van der Waals surface area contributed by atoms with Crippen molar-refractivity contribution in [2.75, 3.05) is 37.7 Å². The lowest BCUT2D eigenvalue weighted by Gasteiger charge is -2.35. The van der Waals surface area contributed by atoms with Gasteiger partial charge in [0.05, 0.1) is 12.0 Å². The van der Waals surface area contributed by atoms with Crippen LogP contribution in [0.5, 0.6) is 0 Å². The molecule has 1 fully saturated rings. The van der Waals surface area contributed by atoms with Crippen LogP contribution in [0, 0.1) is 6.92 Å². The summed E-state index contributed by atoms with van der Waals surface area (Å²) in [7, 11) is 0. The van der Waals surface area contributed by atoms with Gasteiger partial charge in [0.25, 0.3) is 0 Å². The van der Waals surface area contributed by atoms with Crippen LogP contribution in [0.1, 0.15) is 29.1 Å². The highest BCUT2D eigenvalue weighted by Gasteiger charge is 2.26. The zero-order chi connectivity index (χ0) is 18.1. The number of ether oxygens (including phenoxy) is 1. The molecule has 3 rings (SSSR count). The predicted octanol–water partition coefficient (Wildman–Crippen LogP) is 2.50. The summed E-state index contributed by atoms with van der Waals surface area (Å²) in [6.45, 7) is 8.12. The normalized spacial score (nSPS) is 14.9. The Kier molecular flexibility index (Phi) is 5.10. The van der Waals surface area contributed by atoms with Crippen LogP contribution in [-0.4, -0.2) is 59.5 Å². The van der Waals surface area contributed by atoms with E-state index in [1.165, 1.54) is 11.3 Å². The number of carbonyl (C=O) groups excluding carboxylic acids is 2. The Balaban J connectivity index is 2.01. The molecule has 0 N–H and O–H groups in total. The van der Waals surface area contributed by atoms with Gasteiger partial charge < -0.3 is 14.5 Å². The summed E-state index contributed by atoms with van der Waals surface area (Å²) in [6, 6.07) is 0. The summed E-state index contributed by atoms with van der Waals surface area (Å²) in [4.78, 5) is 37.5. The molecule has 0 unspecified atom stereocenters. The van der Waals surface area contributed by atoms with Crippen molar-refractivity contribution in [2.45, 2.75) is 20.8 Å². The molecule has 0 atom stereocenters. The second kappa shape index (κ2) is 7.13. The van der Waals surface area contributed by atoms with Crippen LogP contribution in [-0.2, 0) is 9.53 Å². The summed E-state index contributed by atoms with van der Waals surface area (Å²) in [6.07, 6.45) is 0. The van der Waals surface area contributed by atoms with Gasteiger partial charge >= 0.3 is 5.97 Å². The fourth-order valence-electron chi connectivity index (χ4n) is 2.95. The highest BCUT2D eigenvalue weighted by atomic mass is 35.5. The second-order valence-corrected chi connectivity index (χ2v) is 7.10. The third-order valence-corrected chi connectivity index (χ3v) is 5.56. The molecule has 2 aromatic heterocycles. The molecule has 1 saturated heterocycles. The van der Waals surface area contributed by atoms with Crippen LogP contribution >= 0.6 is 22.9 Å². The Labute approximate surface area is 154 Å². The van der Waals surface area contributed by atoms with E-state index in [9.17, 15) is 9.59 Å². The maximum atomic E-state index is 12.2. The molecule has 1 aliphatic heterocycles. The van der Waals surface area contributed by atoms with Crippen molar-refractivity contribution in [3.05, 3.63) is 15.7 Å². The van der Waals surface area contributed by atoms with Crippen LogP contribution < -0.4 is 4.90 Å². The number of aromatic nitrogens is 2. The molecular formula is C16H19ClN4O3S. The SMILES string of the molecule is CCOC(=O)c1sc2nc(Cl)nc(N3CCN(C(C)=O)CC3)c2c1C. The molecule has 25 heavy (non-hydrogen) atoms. The number of rotatable bonds is 3. The van der Waals surface area contributed by atoms with E-state index in [4.69, 9.17) is 16.3 Å². The first kappa shape index (κ1) is 17.9. The lowest BCUT2D eigenvalue weighted by Crippen LogP contribution is -2.48. The lowest BCUT2D eigenvalue weighted by molar-refractivity contribution is -0.129. The molecule has 1 amide bonds. The first-order valence-corrected chi connectivity index (χ1v) is 9.26. The van der Waals surface area contributed by atoms with Gasteiger partial charge in [0.2, 0.25) is 11.2 Å². The number of esters is 1. The molecule has 0 radical (unpaired) electrons. The van der Waals surface area contributed by atoms with Crippen molar-refractivity contribution in [1.29, 1.82) is 0 Å². The van der Waals surface area contributed by atoms with Crippen molar-refractivity contribution in [1.82, 2.24) is 14.9 Å². The molecule has 9 heteroatoms. The first-order valence-electron chi connectivity index (χ1n) is 8.06. The van der Waals surface area contributed by atoms with Gasteiger partial charge in [-0.1, -0.05) is 0 Å². The maximum Gasteiger partial charge on any atom is 0.348 e. The topological polar surface area (TPSA) is 75.6 Å². The molecule has 1 aliphatic rings. The highest BCUT2D eigenvalue weighted by Crippen LogP contribution is 2.36. The van der Waals surface area contributed by atoms with Gasteiger partial charge in [-0.3, -0.25) is 4.79 Å². The number of halogens is 1. The predicted molar refractivity (Wildman–Crippen MR) is 97.6 cm³/mol. The van der Waals surface area contributed by atoms with E-state index in [0.717, 1.165) is 10.9 Å². The minimum atomic E-state index is -0.355. The number of piperazine rings is 1. The van der Waals surface area contributed by atoms with Crippen LogP contribution in [0.2, 0.25) is 5.28 Å². The number of fused-ring (bicyclic) bond motifs is 1. The van der Waals surface area contributed by atoms with Crippen molar-refractivity contribution >= 4 is 50.8 Å². The molecule has 7 nitrogen and oxygen atoms in total. The van der Waals surface area contributed by atoms with Crippen LogP contribution in [0.25, 0.3) is 10.2 Å². The summed E-state index contributed by atoms with van der Waals surface area (Å²) < 4.78 is 5.13. The monoisotopic (exact) mass is 382 g/mol. The second-order valence-electron chi connectivity index (χ2n) is 5.77. The lowest BCUT2D eigenvalue weighted by atomic mass is 10.2. The van der Waals surface area contributed by atoms with Crippen LogP contribution in [0.3, 0.4) is 0 Å². The summed E-state index contributed by atoms with van der Waals surface area (Å²) in [5, 5.41) is 0.974. The highest BCUT2D eigenvalue weighted by molar-refractivity contribution is 7.20. The standard InChI is InChI=1S/C16H19ClN4O3S/c1-4-24-15(23)12-9(2)11-13(18-16(17)19-14(11)25-12)21-7-5-20(6-8-21)10(3)22/h4-8H2,1-3H3. The van der Waals surface area contributed by atoms with E-state index in [-0.39, 0.29) is 17.2 Å². The third kappa shape index (κ3) is 3.41. The molecule has 3 heterocycles. The Morgan fingerprint density at radius 2 is 1.92 bits per heavy atom. The van der Waals surface area contributed by atoms with E-state index < -0.39 is 0 Å². The smallest absolute Gasteiger partial charge is 0.348 e. The number of hydrogen-bond acceptors (Lipinski definition) is 7. The Morgan fingerprint density at radius 3 is 2.52 bits per heavy atom. The van der Waals surface area contributed by atoms with Crippen molar-refractivity contribution in [3.8, 4) is 0 Å². The van der Waals surface area contributed by atoms with E-state index >= 15 is 0 Å². The van der Waals surface area contributed by atoms with Gasteiger partial charge in [0.1, 0.15) is 15.5 Å². The summed E-state index contributed by atoms with van der Waals surface area (Å²) in [5.41, 5.74) is 0.805. The largest absolute Gasteiger partial charge is 0.462 e. The molecule has 0 aliphatic carbocycles.